The van der Waals surface area contributed by atoms with Crippen LogP contribution in [0.5, 0.6) is 5.75 Å². The topological polar surface area (TPSA) is 59.7 Å². The summed E-state index contributed by atoms with van der Waals surface area (Å²) in [5.74, 6) is -0.151. The van der Waals surface area contributed by atoms with Gasteiger partial charge in [0.05, 0.1) is 5.02 Å². The molecule has 0 radical (unpaired) electrons. The molecule has 1 aromatic carbocycles. The van der Waals surface area contributed by atoms with Crippen molar-refractivity contribution in [2.45, 2.75) is 13.5 Å². The zero-order valence-corrected chi connectivity index (χ0v) is 12.3. The summed E-state index contributed by atoms with van der Waals surface area (Å²) in [4.78, 5) is 10.8. The smallest absolute Gasteiger partial charge is 0.371 e. The van der Waals surface area contributed by atoms with Crippen LogP contribution in [0.4, 0.5) is 0 Å². The number of hydrogen-bond acceptors (Lipinski definition) is 3. The number of carboxylic acids is 1. The Hall–Kier alpha value is -1.46. The molecule has 1 heterocycles. The van der Waals surface area contributed by atoms with Gasteiger partial charge >= 0.3 is 5.97 Å². The first-order valence-corrected chi connectivity index (χ1v) is 6.55. The Labute approximate surface area is 123 Å². The van der Waals surface area contributed by atoms with E-state index in [2.05, 4.69) is 15.9 Å². The van der Waals surface area contributed by atoms with Crippen LogP contribution in [0, 0.1) is 6.92 Å². The van der Waals surface area contributed by atoms with Crippen LogP contribution in [0.25, 0.3) is 0 Å². The van der Waals surface area contributed by atoms with Crippen LogP contribution in [-0.2, 0) is 6.61 Å². The fourth-order valence-electron chi connectivity index (χ4n) is 1.52. The first-order chi connectivity index (χ1) is 8.97. The van der Waals surface area contributed by atoms with Gasteiger partial charge in [-0.05, 0) is 31.2 Å². The maximum Gasteiger partial charge on any atom is 0.371 e. The van der Waals surface area contributed by atoms with E-state index >= 15 is 0 Å². The lowest BCUT2D eigenvalue weighted by molar-refractivity contribution is 0.0661. The molecular weight excluding hydrogens is 335 g/mol. The fourth-order valence-corrected chi connectivity index (χ4v) is 2.24. The standard InChI is InChI=1S/C13H10BrClO4/c1-7-8(4-12(19-7)13(16)17)6-18-11-3-2-9(14)5-10(11)15/h2-5H,6H2,1H3,(H,16,17). The highest BCUT2D eigenvalue weighted by atomic mass is 79.9. The molecule has 0 saturated heterocycles. The second kappa shape index (κ2) is 5.67. The minimum Gasteiger partial charge on any atom is -0.487 e. The molecule has 100 valence electrons. The Balaban J connectivity index is 2.12. The third-order valence-electron chi connectivity index (χ3n) is 2.51. The molecule has 0 aliphatic carbocycles. The molecule has 2 aromatic rings. The summed E-state index contributed by atoms with van der Waals surface area (Å²) in [5.41, 5.74) is 0.677. The molecule has 0 bridgehead atoms. The molecule has 2 rings (SSSR count). The monoisotopic (exact) mass is 344 g/mol. The van der Waals surface area contributed by atoms with Gasteiger partial charge in [0.1, 0.15) is 18.1 Å². The van der Waals surface area contributed by atoms with E-state index in [0.717, 1.165) is 4.47 Å². The van der Waals surface area contributed by atoms with Gasteiger partial charge in [0, 0.05) is 10.0 Å². The number of carboxylic acid groups (broad SMARTS) is 1. The van der Waals surface area contributed by atoms with Gasteiger partial charge < -0.3 is 14.3 Å². The third kappa shape index (κ3) is 3.30. The molecule has 0 saturated carbocycles. The average Bonchev–Trinajstić information content (AvgIpc) is 2.70. The lowest BCUT2D eigenvalue weighted by Crippen LogP contribution is -1.96. The molecule has 19 heavy (non-hydrogen) atoms. The number of aryl methyl sites for hydroxylation is 1. The van der Waals surface area contributed by atoms with E-state index in [1.807, 2.05) is 6.07 Å². The van der Waals surface area contributed by atoms with E-state index in [4.69, 9.17) is 25.9 Å². The molecule has 0 spiro atoms. The Bertz CT molecular complexity index is 621. The lowest BCUT2D eigenvalue weighted by Gasteiger charge is -2.07. The number of hydrogen-bond donors (Lipinski definition) is 1. The average molecular weight is 346 g/mol. The van der Waals surface area contributed by atoms with E-state index in [0.29, 0.717) is 22.1 Å². The zero-order valence-electron chi connectivity index (χ0n) is 9.94. The van der Waals surface area contributed by atoms with Crippen molar-refractivity contribution in [2.75, 3.05) is 0 Å². The van der Waals surface area contributed by atoms with Crippen molar-refractivity contribution >= 4 is 33.5 Å². The molecule has 4 nitrogen and oxygen atoms in total. The van der Waals surface area contributed by atoms with Crippen molar-refractivity contribution in [1.29, 1.82) is 0 Å². The summed E-state index contributed by atoms with van der Waals surface area (Å²) >= 11 is 9.32. The van der Waals surface area contributed by atoms with Gasteiger partial charge in [0.15, 0.2) is 0 Å². The molecular formula is C13H10BrClO4. The predicted octanol–water partition coefficient (Wildman–Crippen LogP) is 4.28. The van der Waals surface area contributed by atoms with E-state index in [9.17, 15) is 4.79 Å². The van der Waals surface area contributed by atoms with Gasteiger partial charge in [-0.1, -0.05) is 27.5 Å². The van der Waals surface area contributed by atoms with E-state index in [1.165, 1.54) is 6.07 Å². The second-order valence-electron chi connectivity index (χ2n) is 3.86. The van der Waals surface area contributed by atoms with E-state index in [-0.39, 0.29) is 12.4 Å². The van der Waals surface area contributed by atoms with Gasteiger partial charge in [-0.25, -0.2) is 4.79 Å². The number of aromatic carboxylic acids is 1. The van der Waals surface area contributed by atoms with Gasteiger partial charge in [0.2, 0.25) is 5.76 Å². The van der Waals surface area contributed by atoms with Crippen LogP contribution < -0.4 is 4.74 Å². The fraction of sp³-hybridized carbons (Fsp3) is 0.154. The summed E-state index contributed by atoms with van der Waals surface area (Å²) in [6.45, 7) is 1.89. The van der Waals surface area contributed by atoms with Crippen LogP contribution in [-0.4, -0.2) is 11.1 Å². The van der Waals surface area contributed by atoms with Crippen LogP contribution >= 0.6 is 27.5 Å². The number of rotatable bonds is 4. The summed E-state index contributed by atoms with van der Waals surface area (Å²) in [7, 11) is 0. The second-order valence-corrected chi connectivity index (χ2v) is 5.18. The zero-order chi connectivity index (χ0) is 14.0. The molecule has 0 fully saturated rings. The van der Waals surface area contributed by atoms with Crippen LogP contribution in [0.2, 0.25) is 5.02 Å². The first kappa shape index (κ1) is 14.0. The highest BCUT2D eigenvalue weighted by Gasteiger charge is 2.13. The number of carbonyl (C=O) groups is 1. The molecule has 0 unspecified atom stereocenters. The minimum absolute atomic E-state index is 0.0991. The molecule has 0 aliphatic rings. The van der Waals surface area contributed by atoms with Gasteiger partial charge in [-0.2, -0.15) is 0 Å². The lowest BCUT2D eigenvalue weighted by atomic mass is 10.2. The van der Waals surface area contributed by atoms with Crippen molar-refractivity contribution in [3.63, 3.8) is 0 Å². The first-order valence-electron chi connectivity index (χ1n) is 5.38. The SMILES string of the molecule is Cc1oc(C(=O)O)cc1COc1ccc(Br)cc1Cl. The number of ether oxygens (including phenoxy) is 1. The third-order valence-corrected chi connectivity index (χ3v) is 3.30. The van der Waals surface area contributed by atoms with Crippen molar-refractivity contribution in [1.82, 2.24) is 0 Å². The maximum atomic E-state index is 10.8. The molecule has 6 heteroatoms. The quantitative estimate of drug-likeness (QED) is 0.898. The van der Waals surface area contributed by atoms with Crippen molar-refractivity contribution in [2.24, 2.45) is 0 Å². The normalized spacial score (nSPS) is 10.5. The summed E-state index contributed by atoms with van der Waals surface area (Å²) in [5, 5.41) is 9.30. The van der Waals surface area contributed by atoms with Gasteiger partial charge in [-0.15, -0.1) is 0 Å². The van der Waals surface area contributed by atoms with Crippen LogP contribution in [0.1, 0.15) is 21.9 Å². The Morgan fingerprint density at radius 3 is 2.79 bits per heavy atom. The van der Waals surface area contributed by atoms with Crippen molar-refractivity contribution in [3.05, 3.63) is 50.8 Å². The summed E-state index contributed by atoms with van der Waals surface area (Å²) in [6.07, 6.45) is 0. The maximum absolute atomic E-state index is 10.8. The summed E-state index contributed by atoms with van der Waals surface area (Å²) < 4.78 is 11.5. The van der Waals surface area contributed by atoms with Crippen molar-refractivity contribution in [3.8, 4) is 5.75 Å². The van der Waals surface area contributed by atoms with Crippen LogP contribution in [0.15, 0.2) is 33.2 Å². The largest absolute Gasteiger partial charge is 0.487 e. The van der Waals surface area contributed by atoms with Crippen LogP contribution in [0.3, 0.4) is 0 Å². The van der Waals surface area contributed by atoms with E-state index in [1.54, 1.807) is 19.1 Å². The summed E-state index contributed by atoms with van der Waals surface area (Å²) in [6, 6.07) is 6.72. The molecule has 0 amide bonds. The molecule has 0 aliphatic heterocycles. The molecule has 1 aromatic heterocycles. The minimum atomic E-state index is -1.10. The highest BCUT2D eigenvalue weighted by Crippen LogP contribution is 2.29. The number of halogens is 2. The number of benzene rings is 1. The van der Waals surface area contributed by atoms with Crippen molar-refractivity contribution < 1.29 is 19.1 Å². The Morgan fingerprint density at radius 2 is 2.21 bits per heavy atom. The Kier molecular flexibility index (Phi) is 4.17. The highest BCUT2D eigenvalue weighted by molar-refractivity contribution is 9.10. The number of furan rings is 1. The van der Waals surface area contributed by atoms with E-state index < -0.39 is 5.97 Å². The predicted molar refractivity (Wildman–Crippen MR) is 73.9 cm³/mol. The molecule has 0 atom stereocenters. The van der Waals surface area contributed by atoms with Gasteiger partial charge in [-0.3, -0.25) is 0 Å². The Morgan fingerprint density at radius 1 is 1.47 bits per heavy atom. The molecule has 1 N–H and O–H groups in total. The van der Waals surface area contributed by atoms with Gasteiger partial charge in [0.25, 0.3) is 0 Å².